The molecular formula is C39H39F8N7O3S. The number of halogens is 8. The Balaban J connectivity index is 1.39. The van der Waals surface area contributed by atoms with Crippen molar-refractivity contribution < 1.29 is 49.4 Å². The van der Waals surface area contributed by atoms with Gasteiger partial charge < -0.3 is 25.0 Å². The number of aromatic nitrogens is 2. The zero-order valence-electron chi connectivity index (χ0n) is 31.4. The van der Waals surface area contributed by atoms with Gasteiger partial charge >= 0.3 is 18.4 Å². The van der Waals surface area contributed by atoms with Crippen LogP contribution in [0.4, 0.5) is 45.9 Å². The lowest BCUT2D eigenvalue weighted by Gasteiger charge is -2.32. The summed E-state index contributed by atoms with van der Waals surface area (Å²) in [5, 5.41) is 8.56. The van der Waals surface area contributed by atoms with E-state index in [2.05, 4.69) is 9.97 Å². The Kier molecular flexibility index (Phi) is 10.1. The van der Waals surface area contributed by atoms with E-state index in [4.69, 9.17) is 15.2 Å². The molecule has 1 unspecified atom stereocenters. The van der Waals surface area contributed by atoms with Gasteiger partial charge in [-0.3, -0.25) is 9.69 Å². The van der Waals surface area contributed by atoms with E-state index in [9.17, 15) is 14.4 Å². The number of benzene rings is 2. The molecular weight excluding hydrogens is 799 g/mol. The Bertz CT molecular complexity index is 2330. The van der Waals surface area contributed by atoms with Crippen molar-refractivity contribution in [2.75, 3.05) is 57.1 Å². The first-order chi connectivity index (χ1) is 27.5. The SMILES string of the molecule is CCN(c1nc(OC[C@@]23CCCN2C[C@H](F)C3)nc2c(C(F)(F)F)c(-c3ccc(F)c4sc(N)c(C#N)c34)c(C(F)(F)F)cc12)[C@H]1CC(COC)N(C(=O)C2CC2)C1. The molecule has 0 radical (unpaired) electrons. The lowest BCUT2D eigenvalue weighted by Crippen LogP contribution is -2.43. The molecule has 1 amide bonds. The van der Waals surface area contributed by atoms with E-state index in [1.807, 2.05) is 4.90 Å². The maximum Gasteiger partial charge on any atom is 0.419 e. The molecule has 2 aromatic carbocycles. The number of hydrogen-bond acceptors (Lipinski definition) is 10. The van der Waals surface area contributed by atoms with E-state index in [-0.39, 0.29) is 68.3 Å². The molecule has 4 aliphatic rings. The van der Waals surface area contributed by atoms with Gasteiger partial charge in [0.25, 0.3) is 0 Å². The number of rotatable bonds is 10. The van der Waals surface area contributed by atoms with Crippen LogP contribution in [0.2, 0.25) is 0 Å². The third-order valence-corrected chi connectivity index (χ3v) is 13.0. The average molecular weight is 838 g/mol. The zero-order chi connectivity index (χ0) is 41.5. The number of ether oxygens (including phenoxy) is 2. The van der Waals surface area contributed by atoms with Crippen LogP contribution >= 0.6 is 11.3 Å². The summed E-state index contributed by atoms with van der Waals surface area (Å²) in [6, 6.07) is 2.17. The maximum atomic E-state index is 15.8. The molecule has 310 valence electrons. The minimum Gasteiger partial charge on any atom is -0.461 e. The number of carbonyl (C=O) groups is 1. The van der Waals surface area contributed by atoms with E-state index in [1.165, 1.54) is 7.11 Å². The van der Waals surface area contributed by atoms with E-state index in [1.54, 1.807) is 22.8 Å². The number of nitrogens with zero attached hydrogens (tertiary/aromatic N) is 6. The number of fused-ring (bicyclic) bond motifs is 3. The highest BCUT2D eigenvalue weighted by Gasteiger charge is 2.50. The first-order valence-electron chi connectivity index (χ1n) is 19.0. The van der Waals surface area contributed by atoms with Crippen LogP contribution in [0.25, 0.3) is 32.1 Å². The Morgan fingerprint density at radius 1 is 1.16 bits per heavy atom. The number of thiophene rings is 1. The van der Waals surface area contributed by atoms with E-state index < -0.39 is 96.8 Å². The number of anilines is 2. The summed E-state index contributed by atoms with van der Waals surface area (Å²) in [6.45, 7) is 2.53. The summed E-state index contributed by atoms with van der Waals surface area (Å²) in [5.41, 5.74) is -1.84. The molecule has 1 aliphatic carbocycles. The van der Waals surface area contributed by atoms with Crippen LogP contribution in [0.5, 0.6) is 6.01 Å². The lowest BCUT2D eigenvalue weighted by atomic mass is 9.88. The number of likely N-dealkylation sites (tertiary alicyclic amines) is 1. The van der Waals surface area contributed by atoms with Gasteiger partial charge in [0, 0.05) is 55.4 Å². The fourth-order valence-electron chi connectivity index (χ4n) is 9.33. The number of nitrogens with two attached hydrogens (primary N) is 1. The quantitative estimate of drug-likeness (QED) is 0.159. The second-order valence-electron chi connectivity index (χ2n) is 15.6. The van der Waals surface area contributed by atoms with Crippen molar-refractivity contribution in [3.8, 4) is 23.2 Å². The van der Waals surface area contributed by atoms with Crippen molar-refractivity contribution in [3.05, 3.63) is 40.7 Å². The fraction of sp³-hybridized carbons (Fsp3) is 0.538. The number of nitrogen functional groups attached to an aromatic ring is 1. The molecule has 0 spiro atoms. The molecule has 4 aromatic rings. The standard InChI is InChI=1S/C39H39F8N7O3S/c1-3-53(21-11-22(17-56-2)54(16-21)35(55)19-5-6-19)34-24-12-26(38(42,43)44)29(23-7-8-27(41)32-28(23)25(14-48)33(49)58-32)30(39(45,46)47)31(24)50-36(51-34)57-18-37-9-4-10-52(37)15-20(40)13-37/h7-8,12,19-22H,3-6,9-11,13,15-18,49H2,1-2H3/t20-,21+,22?,37+/m1/s1. The lowest BCUT2D eigenvalue weighted by molar-refractivity contribution is -0.141. The predicted molar refractivity (Wildman–Crippen MR) is 200 cm³/mol. The van der Waals surface area contributed by atoms with Gasteiger partial charge in [-0.2, -0.15) is 41.6 Å². The van der Waals surface area contributed by atoms with Gasteiger partial charge in [0.15, 0.2) is 0 Å². The first-order valence-corrected chi connectivity index (χ1v) is 19.8. The number of likely N-dealkylation sites (N-methyl/N-ethyl adjacent to an activating group) is 1. The summed E-state index contributed by atoms with van der Waals surface area (Å²) in [7, 11) is 1.47. The molecule has 10 nitrogen and oxygen atoms in total. The van der Waals surface area contributed by atoms with Crippen LogP contribution in [0.15, 0.2) is 18.2 Å². The highest BCUT2D eigenvalue weighted by atomic mass is 32.1. The van der Waals surface area contributed by atoms with Crippen molar-refractivity contribution in [2.24, 2.45) is 5.92 Å². The smallest absolute Gasteiger partial charge is 0.419 e. The molecule has 3 saturated heterocycles. The Hall–Kier alpha value is -4.54. The molecule has 8 rings (SSSR count). The van der Waals surface area contributed by atoms with Gasteiger partial charge in [0.1, 0.15) is 35.5 Å². The van der Waals surface area contributed by atoms with Crippen LogP contribution in [0.3, 0.4) is 0 Å². The van der Waals surface area contributed by atoms with Crippen molar-refractivity contribution >= 4 is 49.1 Å². The largest absolute Gasteiger partial charge is 0.461 e. The van der Waals surface area contributed by atoms with Crippen LogP contribution < -0.4 is 15.4 Å². The minimum atomic E-state index is -5.53. The molecule has 2 N–H and O–H groups in total. The molecule has 0 bridgehead atoms. The molecule has 4 atom stereocenters. The number of nitriles is 1. The summed E-state index contributed by atoms with van der Waals surface area (Å²) >= 11 is 0.530. The first kappa shape index (κ1) is 40.2. The van der Waals surface area contributed by atoms with Gasteiger partial charge in [-0.15, -0.1) is 11.3 Å². The Morgan fingerprint density at radius 2 is 1.91 bits per heavy atom. The Labute approximate surface area is 331 Å². The maximum absolute atomic E-state index is 15.8. The molecule has 2 aromatic heterocycles. The highest BCUT2D eigenvalue weighted by molar-refractivity contribution is 7.23. The van der Waals surface area contributed by atoms with E-state index >= 15 is 30.7 Å². The summed E-state index contributed by atoms with van der Waals surface area (Å²) in [5.74, 6) is -1.54. The predicted octanol–water partition coefficient (Wildman–Crippen LogP) is 7.95. The summed E-state index contributed by atoms with van der Waals surface area (Å²) in [6.07, 6.45) is -9.02. The molecule has 3 aliphatic heterocycles. The normalized spacial score (nSPS) is 23.9. The summed E-state index contributed by atoms with van der Waals surface area (Å²) < 4.78 is 135. The average Bonchev–Trinajstić information content (AvgIpc) is 3.52. The third-order valence-electron chi connectivity index (χ3n) is 12.0. The van der Waals surface area contributed by atoms with E-state index in [0.29, 0.717) is 43.2 Å². The number of carbonyl (C=O) groups excluding carboxylic acids is 1. The fourth-order valence-corrected chi connectivity index (χ4v) is 10.3. The molecule has 4 fully saturated rings. The van der Waals surface area contributed by atoms with Crippen molar-refractivity contribution in [1.82, 2.24) is 19.8 Å². The second kappa shape index (κ2) is 14.6. The monoisotopic (exact) mass is 837 g/mol. The van der Waals surface area contributed by atoms with Gasteiger partial charge in [0.2, 0.25) is 5.91 Å². The van der Waals surface area contributed by atoms with Crippen molar-refractivity contribution in [1.29, 1.82) is 5.26 Å². The van der Waals surface area contributed by atoms with Crippen molar-refractivity contribution in [2.45, 2.75) is 81.6 Å². The number of methoxy groups -OCH3 is 1. The van der Waals surface area contributed by atoms with Crippen LogP contribution in [-0.4, -0.2) is 96.0 Å². The van der Waals surface area contributed by atoms with Gasteiger partial charge in [-0.25, -0.2) is 8.78 Å². The van der Waals surface area contributed by atoms with Crippen molar-refractivity contribution in [3.63, 3.8) is 0 Å². The molecule has 19 heteroatoms. The number of hydrogen-bond donors (Lipinski definition) is 1. The second-order valence-corrected chi connectivity index (χ2v) is 16.6. The van der Waals surface area contributed by atoms with E-state index in [0.717, 1.165) is 18.6 Å². The zero-order valence-corrected chi connectivity index (χ0v) is 32.3. The molecule has 58 heavy (non-hydrogen) atoms. The summed E-state index contributed by atoms with van der Waals surface area (Å²) in [4.78, 5) is 27.3. The Morgan fingerprint density at radius 3 is 2.57 bits per heavy atom. The van der Waals surface area contributed by atoms with Gasteiger partial charge in [0.05, 0.1) is 51.1 Å². The van der Waals surface area contributed by atoms with Crippen LogP contribution in [0.1, 0.15) is 62.1 Å². The van der Waals surface area contributed by atoms with Crippen LogP contribution in [0, 0.1) is 23.1 Å². The molecule has 5 heterocycles. The number of amides is 1. The topological polar surface area (TPSA) is 121 Å². The number of alkyl halides is 7. The minimum absolute atomic E-state index is 0.0470. The third kappa shape index (κ3) is 6.83. The van der Waals surface area contributed by atoms with Gasteiger partial charge in [-0.05, 0) is 63.3 Å². The highest BCUT2D eigenvalue weighted by Crippen LogP contribution is 2.53. The van der Waals surface area contributed by atoms with Gasteiger partial charge in [-0.1, -0.05) is 6.07 Å². The molecule has 1 saturated carbocycles. The van der Waals surface area contributed by atoms with Crippen LogP contribution in [-0.2, 0) is 21.9 Å².